The molecule has 1 fully saturated rings. The fourth-order valence-corrected chi connectivity index (χ4v) is 2.20. The molecule has 0 saturated carbocycles. The SMILES string of the molecule is CC1CCCCN1c1nccc(C#N)c1N. The lowest BCUT2D eigenvalue weighted by Crippen LogP contribution is -2.38. The van der Waals surface area contributed by atoms with Crippen molar-refractivity contribution in [1.82, 2.24) is 4.98 Å². The third-order valence-electron chi connectivity index (χ3n) is 3.16. The first-order valence-electron chi connectivity index (χ1n) is 5.65. The maximum Gasteiger partial charge on any atom is 0.153 e. The number of hydrogen-bond donors (Lipinski definition) is 1. The molecule has 0 aromatic carbocycles. The molecule has 4 nitrogen and oxygen atoms in total. The first-order valence-corrected chi connectivity index (χ1v) is 5.65. The molecule has 0 amide bonds. The van der Waals surface area contributed by atoms with Gasteiger partial charge in [-0.15, -0.1) is 0 Å². The van der Waals surface area contributed by atoms with Crippen LogP contribution in [0.4, 0.5) is 11.5 Å². The van der Waals surface area contributed by atoms with E-state index in [-0.39, 0.29) is 0 Å². The molecule has 2 rings (SSSR count). The van der Waals surface area contributed by atoms with Crippen LogP contribution in [0.15, 0.2) is 12.3 Å². The second-order valence-electron chi connectivity index (χ2n) is 4.25. The van der Waals surface area contributed by atoms with Crippen LogP contribution >= 0.6 is 0 Å². The van der Waals surface area contributed by atoms with Gasteiger partial charge >= 0.3 is 0 Å². The third kappa shape index (κ3) is 1.81. The highest BCUT2D eigenvalue weighted by Crippen LogP contribution is 2.29. The van der Waals surface area contributed by atoms with Gasteiger partial charge in [0.1, 0.15) is 6.07 Å². The molecule has 2 heterocycles. The molecule has 1 saturated heterocycles. The Hall–Kier alpha value is -1.76. The van der Waals surface area contributed by atoms with E-state index in [0.717, 1.165) is 18.8 Å². The largest absolute Gasteiger partial charge is 0.395 e. The predicted octanol–water partition coefficient (Wildman–Crippen LogP) is 1.91. The van der Waals surface area contributed by atoms with Crippen LogP contribution in [0, 0.1) is 11.3 Å². The normalized spacial score (nSPS) is 20.5. The molecule has 1 aromatic rings. The van der Waals surface area contributed by atoms with E-state index in [9.17, 15) is 0 Å². The van der Waals surface area contributed by atoms with Gasteiger partial charge in [0, 0.05) is 18.8 Å². The number of rotatable bonds is 1. The summed E-state index contributed by atoms with van der Waals surface area (Å²) in [5.41, 5.74) is 6.99. The van der Waals surface area contributed by atoms with Crippen LogP contribution in [0.5, 0.6) is 0 Å². The zero-order chi connectivity index (χ0) is 11.5. The van der Waals surface area contributed by atoms with E-state index in [1.54, 1.807) is 12.3 Å². The summed E-state index contributed by atoms with van der Waals surface area (Å²) >= 11 is 0. The van der Waals surface area contributed by atoms with Crippen molar-refractivity contribution in [3.8, 4) is 6.07 Å². The summed E-state index contributed by atoms with van der Waals surface area (Å²) in [7, 11) is 0. The minimum atomic E-state index is 0.456. The number of nitrogens with zero attached hydrogens (tertiary/aromatic N) is 3. The Morgan fingerprint density at radius 3 is 3.06 bits per heavy atom. The van der Waals surface area contributed by atoms with Gasteiger partial charge in [-0.05, 0) is 32.3 Å². The van der Waals surface area contributed by atoms with Crippen molar-refractivity contribution in [2.75, 3.05) is 17.2 Å². The Morgan fingerprint density at radius 1 is 1.56 bits per heavy atom. The highest BCUT2D eigenvalue weighted by Gasteiger charge is 2.22. The maximum atomic E-state index is 8.93. The number of nitrogens with two attached hydrogens (primary N) is 1. The van der Waals surface area contributed by atoms with Crippen molar-refractivity contribution in [1.29, 1.82) is 5.26 Å². The molecule has 1 unspecified atom stereocenters. The number of piperidine rings is 1. The summed E-state index contributed by atoms with van der Waals surface area (Å²) in [6, 6.07) is 4.21. The van der Waals surface area contributed by atoms with Crippen molar-refractivity contribution in [2.24, 2.45) is 0 Å². The molecule has 0 aliphatic carbocycles. The van der Waals surface area contributed by atoms with E-state index in [0.29, 0.717) is 17.3 Å². The number of nitrogen functional groups attached to an aromatic ring is 1. The fraction of sp³-hybridized carbons (Fsp3) is 0.500. The van der Waals surface area contributed by atoms with Crippen LogP contribution in [0.1, 0.15) is 31.7 Å². The Kier molecular flexibility index (Phi) is 2.95. The lowest BCUT2D eigenvalue weighted by molar-refractivity contribution is 0.482. The zero-order valence-electron chi connectivity index (χ0n) is 9.48. The van der Waals surface area contributed by atoms with Crippen LogP contribution in [0.2, 0.25) is 0 Å². The van der Waals surface area contributed by atoms with E-state index in [2.05, 4.69) is 22.9 Å². The summed E-state index contributed by atoms with van der Waals surface area (Å²) in [5, 5.41) is 8.93. The molecule has 4 heteroatoms. The summed E-state index contributed by atoms with van der Waals surface area (Å²) in [4.78, 5) is 6.52. The van der Waals surface area contributed by atoms with Crippen LogP contribution in [-0.4, -0.2) is 17.6 Å². The van der Waals surface area contributed by atoms with Crippen molar-refractivity contribution >= 4 is 11.5 Å². The summed E-state index contributed by atoms with van der Waals surface area (Å²) in [6.45, 7) is 3.16. The van der Waals surface area contributed by atoms with Gasteiger partial charge in [0.15, 0.2) is 5.82 Å². The van der Waals surface area contributed by atoms with Gasteiger partial charge in [0.05, 0.1) is 11.3 Å². The highest BCUT2D eigenvalue weighted by molar-refractivity contribution is 5.70. The first kappa shape index (κ1) is 10.7. The molecule has 84 valence electrons. The van der Waals surface area contributed by atoms with Gasteiger partial charge in [-0.2, -0.15) is 5.26 Å². The van der Waals surface area contributed by atoms with Gasteiger partial charge < -0.3 is 10.6 Å². The van der Waals surface area contributed by atoms with Crippen molar-refractivity contribution in [3.05, 3.63) is 17.8 Å². The molecule has 2 N–H and O–H groups in total. The van der Waals surface area contributed by atoms with E-state index in [4.69, 9.17) is 11.0 Å². The van der Waals surface area contributed by atoms with Gasteiger partial charge in [-0.25, -0.2) is 4.98 Å². The Bertz CT molecular complexity index is 422. The number of pyridine rings is 1. The highest BCUT2D eigenvalue weighted by atomic mass is 15.2. The molecular formula is C12H16N4. The van der Waals surface area contributed by atoms with E-state index < -0.39 is 0 Å². The number of hydrogen-bond acceptors (Lipinski definition) is 4. The van der Waals surface area contributed by atoms with E-state index >= 15 is 0 Å². The number of nitriles is 1. The van der Waals surface area contributed by atoms with Crippen LogP contribution < -0.4 is 10.6 Å². The average Bonchev–Trinajstić information content (AvgIpc) is 2.31. The lowest BCUT2D eigenvalue weighted by Gasteiger charge is -2.35. The predicted molar refractivity (Wildman–Crippen MR) is 64.0 cm³/mol. The molecule has 16 heavy (non-hydrogen) atoms. The number of aromatic nitrogens is 1. The Labute approximate surface area is 95.7 Å². The molecule has 0 spiro atoms. The van der Waals surface area contributed by atoms with E-state index in [1.807, 2.05) is 0 Å². The third-order valence-corrected chi connectivity index (χ3v) is 3.16. The van der Waals surface area contributed by atoms with Crippen LogP contribution in [0.3, 0.4) is 0 Å². The van der Waals surface area contributed by atoms with Crippen molar-refractivity contribution < 1.29 is 0 Å². The second-order valence-corrected chi connectivity index (χ2v) is 4.25. The van der Waals surface area contributed by atoms with Gasteiger partial charge in [0.25, 0.3) is 0 Å². The standard InChI is InChI=1S/C12H16N4/c1-9-4-2-3-7-16(9)12-11(14)10(8-13)5-6-15-12/h5-6,9H,2-4,7,14H2,1H3. The summed E-state index contributed by atoms with van der Waals surface area (Å²) < 4.78 is 0. The molecule has 0 bridgehead atoms. The minimum absolute atomic E-state index is 0.456. The Balaban J connectivity index is 2.36. The van der Waals surface area contributed by atoms with Crippen LogP contribution in [-0.2, 0) is 0 Å². The average molecular weight is 216 g/mol. The summed E-state index contributed by atoms with van der Waals surface area (Å²) in [5.74, 6) is 0.770. The van der Waals surface area contributed by atoms with Crippen molar-refractivity contribution in [2.45, 2.75) is 32.2 Å². The van der Waals surface area contributed by atoms with E-state index in [1.165, 1.54) is 12.8 Å². The smallest absolute Gasteiger partial charge is 0.153 e. The number of anilines is 2. The first-order chi connectivity index (χ1) is 7.74. The summed E-state index contributed by atoms with van der Waals surface area (Å²) in [6.07, 6.45) is 5.25. The Morgan fingerprint density at radius 2 is 2.38 bits per heavy atom. The lowest BCUT2D eigenvalue weighted by atomic mass is 10.0. The molecular weight excluding hydrogens is 200 g/mol. The second kappa shape index (κ2) is 4.40. The molecule has 1 aliphatic heterocycles. The van der Waals surface area contributed by atoms with Gasteiger partial charge in [-0.1, -0.05) is 0 Å². The van der Waals surface area contributed by atoms with Gasteiger partial charge in [0.2, 0.25) is 0 Å². The fourth-order valence-electron chi connectivity index (χ4n) is 2.20. The van der Waals surface area contributed by atoms with Gasteiger partial charge in [-0.3, -0.25) is 0 Å². The van der Waals surface area contributed by atoms with Crippen LogP contribution in [0.25, 0.3) is 0 Å². The quantitative estimate of drug-likeness (QED) is 0.778. The molecule has 1 atom stereocenters. The van der Waals surface area contributed by atoms with Crippen molar-refractivity contribution in [3.63, 3.8) is 0 Å². The molecule has 1 aliphatic rings. The maximum absolute atomic E-state index is 8.93. The topological polar surface area (TPSA) is 65.9 Å². The zero-order valence-corrected chi connectivity index (χ0v) is 9.48. The monoisotopic (exact) mass is 216 g/mol. The molecule has 1 aromatic heterocycles. The minimum Gasteiger partial charge on any atom is -0.395 e. The molecule has 0 radical (unpaired) electrons.